The molecular weight excluding hydrogens is 323 g/mol. The smallest absolute Gasteiger partial charge is 0.165 e. The monoisotopic (exact) mass is 346 g/mol. The molecule has 25 heavy (non-hydrogen) atoms. The Hall–Kier alpha value is -2.41. The Kier molecular flexibility index (Phi) is 5.65. The van der Waals surface area contributed by atoms with Crippen molar-refractivity contribution in [2.75, 3.05) is 30.0 Å². The zero-order valence-corrected chi connectivity index (χ0v) is 14.3. The lowest BCUT2D eigenvalue weighted by atomic mass is 10.2. The number of ether oxygens (including phenoxy) is 1. The third-order valence-electron chi connectivity index (χ3n) is 4.30. The molecule has 3 rings (SSSR count). The summed E-state index contributed by atoms with van der Waals surface area (Å²) in [6.45, 7) is 3.71. The molecule has 1 aliphatic rings. The van der Waals surface area contributed by atoms with Gasteiger partial charge < -0.3 is 20.1 Å². The molecule has 1 aromatic heterocycles. The molecular formula is C18H23FN4O2. The molecule has 1 aliphatic heterocycles. The summed E-state index contributed by atoms with van der Waals surface area (Å²) >= 11 is 0. The molecule has 6 nitrogen and oxygen atoms in total. The predicted octanol–water partition coefficient (Wildman–Crippen LogP) is 2.59. The molecule has 0 saturated carbocycles. The van der Waals surface area contributed by atoms with Crippen molar-refractivity contribution in [3.05, 3.63) is 42.0 Å². The maximum atomic E-state index is 13.9. The van der Waals surface area contributed by atoms with Gasteiger partial charge in [0, 0.05) is 19.2 Å². The quantitative estimate of drug-likeness (QED) is 0.803. The van der Waals surface area contributed by atoms with E-state index in [0.29, 0.717) is 19.0 Å². The zero-order valence-electron chi connectivity index (χ0n) is 14.3. The van der Waals surface area contributed by atoms with Crippen molar-refractivity contribution in [2.24, 2.45) is 0 Å². The van der Waals surface area contributed by atoms with Gasteiger partial charge in [0.15, 0.2) is 11.6 Å². The fourth-order valence-electron chi connectivity index (χ4n) is 3.05. The van der Waals surface area contributed by atoms with E-state index in [1.165, 1.54) is 12.4 Å². The Morgan fingerprint density at radius 3 is 3.00 bits per heavy atom. The molecule has 2 N–H and O–H groups in total. The minimum absolute atomic E-state index is 0.114. The van der Waals surface area contributed by atoms with Crippen LogP contribution in [0.2, 0.25) is 0 Å². The Morgan fingerprint density at radius 1 is 1.36 bits per heavy atom. The van der Waals surface area contributed by atoms with Crippen LogP contribution in [0.15, 0.2) is 30.6 Å². The minimum atomic E-state index is -0.368. The van der Waals surface area contributed by atoms with Crippen molar-refractivity contribution in [1.29, 1.82) is 0 Å². The van der Waals surface area contributed by atoms with Crippen molar-refractivity contribution < 1.29 is 14.2 Å². The largest absolute Gasteiger partial charge is 0.491 e. The first-order chi connectivity index (χ1) is 12.2. The van der Waals surface area contributed by atoms with E-state index in [4.69, 9.17) is 4.74 Å². The van der Waals surface area contributed by atoms with E-state index in [1.807, 2.05) is 19.1 Å². The summed E-state index contributed by atoms with van der Waals surface area (Å²) in [6.07, 6.45) is 3.52. The lowest BCUT2D eigenvalue weighted by molar-refractivity contribution is 0.266. The SMILES string of the molecule is CCOc1ccc(CNc2cc(N3CCCC3CO)ncn2)cc1F. The normalized spacial score (nSPS) is 16.9. The maximum Gasteiger partial charge on any atom is 0.165 e. The molecule has 7 heteroatoms. The van der Waals surface area contributed by atoms with Gasteiger partial charge in [-0.25, -0.2) is 14.4 Å². The maximum absolute atomic E-state index is 13.9. The number of nitrogens with zero attached hydrogens (tertiary/aromatic N) is 3. The van der Waals surface area contributed by atoms with Crippen LogP contribution < -0.4 is 15.0 Å². The molecule has 1 atom stereocenters. The van der Waals surface area contributed by atoms with Crippen molar-refractivity contribution in [1.82, 2.24) is 9.97 Å². The van der Waals surface area contributed by atoms with Crippen LogP contribution in [0.1, 0.15) is 25.3 Å². The highest BCUT2D eigenvalue weighted by Gasteiger charge is 2.25. The fraction of sp³-hybridized carbons (Fsp3) is 0.444. The fourth-order valence-corrected chi connectivity index (χ4v) is 3.05. The lowest BCUT2D eigenvalue weighted by Crippen LogP contribution is -2.32. The second-order valence-electron chi connectivity index (χ2n) is 5.98. The van der Waals surface area contributed by atoms with E-state index in [2.05, 4.69) is 20.2 Å². The van der Waals surface area contributed by atoms with Gasteiger partial charge >= 0.3 is 0 Å². The summed E-state index contributed by atoms with van der Waals surface area (Å²) in [5, 5.41) is 12.6. The highest BCUT2D eigenvalue weighted by molar-refractivity contribution is 5.50. The van der Waals surface area contributed by atoms with E-state index in [9.17, 15) is 9.50 Å². The van der Waals surface area contributed by atoms with Gasteiger partial charge in [-0.05, 0) is 37.5 Å². The summed E-state index contributed by atoms with van der Waals surface area (Å²) in [5.41, 5.74) is 0.801. The van der Waals surface area contributed by atoms with E-state index >= 15 is 0 Å². The van der Waals surface area contributed by atoms with Gasteiger partial charge in [0.25, 0.3) is 0 Å². The summed E-state index contributed by atoms with van der Waals surface area (Å²) < 4.78 is 19.1. The molecule has 1 aromatic carbocycles. The number of anilines is 2. The lowest BCUT2D eigenvalue weighted by Gasteiger charge is -2.24. The van der Waals surface area contributed by atoms with Gasteiger partial charge in [0.1, 0.15) is 18.0 Å². The van der Waals surface area contributed by atoms with Crippen LogP contribution in [0, 0.1) is 5.82 Å². The van der Waals surface area contributed by atoms with Gasteiger partial charge in [-0.2, -0.15) is 0 Å². The molecule has 0 spiro atoms. The topological polar surface area (TPSA) is 70.5 Å². The molecule has 0 bridgehead atoms. The Bertz CT molecular complexity index is 713. The average Bonchev–Trinajstić information content (AvgIpc) is 3.11. The van der Waals surface area contributed by atoms with Gasteiger partial charge in [0.2, 0.25) is 0 Å². The first kappa shape index (κ1) is 17.4. The van der Waals surface area contributed by atoms with Crippen LogP contribution in [0.5, 0.6) is 5.75 Å². The Labute approximate surface area is 146 Å². The van der Waals surface area contributed by atoms with Crippen LogP contribution in [-0.2, 0) is 6.54 Å². The third kappa shape index (κ3) is 4.17. The standard InChI is InChI=1S/C18H23FN4O2/c1-2-25-16-6-5-13(8-15(16)19)10-20-17-9-18(22-12-21-17)23-7-3-4-14(23)11-24/h5-6,8-9,12,14,24H,2-4,7,10-11H2,1H3,(H,20,21,22). The van der Waals surface area contributed by atoms with E-state index in [0.717, 1.165) is 30.8 Å². The molecule has 0 radical (unpaired) electrons. The number of aliphatic hydroxyl groups is 1. The minimum Gasteiger partial charge on any atom is -0.491 e. The van der Waals surface area contributed by atoms with Gasteiger partial charge in [-0.3, -0.25) is 0 Å². The highest BCUT2D eigenvalue weighted by Crippen LogP contribution is 2.25. The summed E-state index contributed by atoms with van der Waals surface area (Å²) in [5.74, 6) is 1.36. The van der Waals surface area contributed by atoms with E-state index in [1.54, 1.807) is 6.07 Å². The van der Waals surface area contributed by atoms with Crippen LogP contribution in [0.4, 0.5) is 16.0 Å². The Morgan fingerprint density at radius 2 is 2.24 bits per heavy atom. The molecule has 0 aliphatic carbocycles. The van der Waals surface area contributed by atoms with E-state index in [-0.39, 0.29) is 24.2 Å². The third-order valence-corrected chi connectivity index (χ3v) is 4.30. The number of rotatable bonds is 7. The Balaban J connectivity index is 1.65. The molecule has 2 aromatic rings. The first-order valence-corrected chi connectivity index (χ1v) is 8.56. The predicted molar refractivity (Wildman–Crippen MR) is 94.4 cm³/mol. The summed E-state index contributed by atoms with van der Waals surface area (Å²) in [6, 6.07) is 6.90. The molecule has 2 heterocycles. The molecule has 0 amide bonds. The number of benzene rings is 1. The highest BCUT2D eigenvalue weighted by atomic mass is 19.1. The van der Waals surface area contributed by atoms with E-state index < -0.39 is 0 Å². The number of aliphatic hydroxyl groups excluding tert-OH is 1. The van der Waals surface area contributed by atoms with Crippen molar-refractivity contribution in [3.63, 3.8) is 0 Å². The summed E-state index contributed by atoms with van der Waals surface area (Å²) in [7, 11) is 0. The average molecular weight is 346 g/mol. The van der Waals surface area contributed by atoms with Crippen LogP contribution in [0.25, 0.3) is 0 Å². The molecule has 134 valence electrons. The van der Waals surface area contributed by atoms with Crippen LogP contribution in [0.3, 0.4) is 0 Å². The van der Waals surface area contributed by atoms with Gasteiger partial charge in [0.05, 0.1) is 19.3 Å². The van der Waals surface area contributed by atoms with Gasteiger partial charge in [-0.1, -0.05) is 6.07 Å². The molecule has 1 unspecified atom stereocenters. The zero-order chi connectivity index (χ0) is 17.6. The summed E-state index contributed by atoms with van der Waals surface area (Å²) in [4.78, 5) is 10.6. The molecule has 1 saturated heterocycles. The van der Waals surface area contributed by atoms with Crippen molar-refractivity contribution in [3.8, 4) is 5.75 Å². The number of halogens is 1. The number of aromatic nitrogens is 2. The van der Waals surface area contributed by atoms with Crippen molar-refractivity contribution >= 4 is 11.6 Å². The van der Waals surface area contributed by atoms with Crippen LogP contribution >= 0.6 is 0 Å². The first-order valence-electron chi connectivity index (χ1n) is 8.56. The van der Waals surface area contributed by atoms with Gasteiger partial charge in [-0.15, -0.1) is 0 Å². The second kappa shape index (κ2) is 8.11. The number of hydrogen-bond donors (Lipinski definition) is 2. The number of nitrogens with one attached hydrogen (secondary N) is 1. The van der Waals surface area contributed by atoms with Crippen molar-refractivity contribution in [2.45, 2.75) is 32.4 Å². The second-order valence-corrected chi connectivity index (χ2v) is 5.98. The number of hydrogen-bond acceptors (Lipinski definition) is 6. The van der Waals surface area contributed by atoms with Crippen LogP contribution in [-0.4, -0.2) is 40.9 Å². The molecule has 1 fully saturated rings.